The van der Waals surface area contributed by atoms with Crippen LogP contribution in [0.2, 0.25) is 0 Å². The van der Waals surface area contributed by atoms with Crippen LogP contribution in [0.4, 0.5) is 0 Å². The van der Waals surface area contributed by atoms with Crippen LogP contribution in [0.3, 0.4) is 0 Å². The van der Waals surface area contributed by atoms with Crippen LogP contribution < -0.4 is 0 Å². The van der Waals surface area contributed by atoms with Gasteiger partial charge in [0.15, 0.2) is 0 Å². The first-order chi connectivity index (χ1) is 8.03. The highest BCUT2D eigenvalue weighted by atomic mass is 16.4. The van der Waals surface area contributed by atoms with E-state index in [4.69, 9.17) is 0 Å². The van der Waals surface area contributed by atoms with Crippen molar-refractivity contribution < 1.29 is 14.7 Å². The van der Waals surface area contributed by atoms with E-state index < -0.39 is 11.4 Å². The van der Waals surface area contributed by atoms with Crippen LogP contribution in [0.25, 0.3) is 0 Å². The normalized spacial score (nSPS) is 24.1. The van der Waals surface area contributed by atoms with E-state index in [1.165, 1.54) is 4.90 Å². The second-order valence-corrected chi connectivity index (χ2v) is 4.67. The zero-order valence-electron chi connectivity index (χ0n) is 9.72. The van der Waals surface area contributed by atoms with Gasteiger partial charge in [0.2, 0.25) is 5.91 Å². The largest absolute Gasteiger partial charge is 0.481 e. The molecule has 0 aliphatic carbocycles. The van der Waals surface area contributed by atoms with Gasteiger partial charge in [-0.15, -0.1) is 0 Å². The minimum Gasteiger partial charge on any atom is -0.481 e. The second-order valence-electron chi connectivity index (χ2n) is 4.67. The molecule has 1 fully saturated rings. The summed E-state index contributed by atoms with van der Waals surface area (Å²) in [6, 6.07) is 9.45. The minimum atomic E-state index is -0.965. The summed E-state index contributed by atoms with van der Waals surface area (Å²) in [5.74, 6) is -0.984. The van der Waals surface area contributed by atoms with E-state index in [-0.39, 0.29) is 18.9 Å². The van der Waals surface area contributed by atoms with E-state index >= 15 is 0 Å². The van der Waals surface area contributed by atoms with Crippen LogP contribution in [0, 0.1) is 5.41 Å². The molecule has 1 atom stereocenters. The highest BCUT2D eigenvalue weighted by molar-refractivity contribution is 5.89. The lowest BCUT2D eigenvalue weighted by molar-refractivity contribution is -0.148. The average Bonchev–Trinajstić information content (AvgIpc) is 2.57. The van der Waals surface area contributed by atoms with Gasteiger partial charge in [0, 0.05) is 20.0 Å². The highest BCUT2D eigenvalue weighted by Crippen LogP contribution is 2.34. The monoisotopic (exact) mass is 233 g/mol. The Labute approximate surface area is 99.9 Å². The maximum absolute atomic E-state index is 11.5. The van der Waals surface area contributed by atoms with E-state index in [0.29, 0.717) is 6.42 Å². The maximum atomic E-state index is 11.5. The Balaban J connectivity index is 2.25. The molecule has 2 rings (SSSR count). The predicted molar refractivity (Wildman–Crippen MR) is 62.5 cm³/mol. The van der Waals surface area contributed by atoms with Crippen LogP contribution in [0.1, 0.15) is 12.0 Å². The van der Waals surface area contributed by atoms with Gasteiger partial charge < -0.3 is 10.0 Å². The number of likely N-dealkylation sites (tertiary alicyclic amines) is 1. The molecule has 1 unspecified atom stereocenters. The van der Waals surface area contributed by atoms with E-state index in [2.05, 4.69) is 0 Å². The number of aliphatic carboxylic acids is 1. The Hall–Kier alpha value is -1.84. The molecule has 0 spiro atoms. The van der Waals surface area contributed by atoms with Crippen molar-refractivity contribution in [2.75, 3.05) is 13.6 Å². The minimum absolute atomic E-state index is 0.0910. The fraction of sp³-hybridized carbons (Fsp3) is 0.385. The number of benzene rings is 1. The summed E-state index contributed by atoms with van der Waals surface area (Å²) >= 11 is 0. The molecule has 1 aromatic carbocycles. The number of hydrogen-bond donors (Lipinski definition) is 1. The maximum Gasteiger partial charge on any atom is 0.312 e. The van der Waals surface area contributed by atoms with Gasteiger partial charge in [-0.05, 0) is 12.0 Å². The lowest BCUT2D eigenvalue weighted by Crippen LogP contribution is -2.35. The van der Waals surface area contributed by atoms with Gasteiger partial charge >= 0.3 is 5.97 Å². The molecule has 1 aliphatic heterocycles. The van der Waals surface area contributed by atoms with Crippen LogP contribution in [0.5, 0.6) is 0 Å². The fourth-order valence-electron chi connectivity index (χ4n) is 2.35. The Morgan fingerprint density at radius 3 is 2.53 bits per heavy atom. The fourth-order valence-corrected chi connectivity index (χ4v) is 2.35. The van der Waals surface area contributed by atoms with Gasteiger partial charge in [0.25, 0.3) is 0 Å². The van der Waals surface area contributed by atoms with Gasteiger partial charge in [-0.25, -0.2) is 0 Å². The van der Waals surface area contributed by atoms with Crippen LogP contribution >= 0.6 is 0 Å². The van der Waals surface area contributed by atoms with Crippen LogP contribution in [-0.2, 0) is 16.0 Å². The van der Waals surface area contributed by atoms with Crippen molar-refractivity contribution in [3.63, 3.8) is 0 Å². The van der Waals surface area contributed by atoms with Crippen molar-refractivity contribution in [1.82, 2.24) is 4.90 Å². The number of carboxylic acid groups (broad SMARTS) is 1. The van der Waals surface area contributed by atoms with Crippen LogP contribution in [-0.4, -0.2) is 35.5 Å². The second kappa shape index (κ2) is 4.20. The molecule has 1 heterocycles. The third-order valence-corrected chi connectivity index (χ3v) is 3.29. The van der Waals surface area contributed by atoms with Gasteiger partial charge in [-0.3, -0.25) is 9.59 Å². The molecule has 1 aromatic rings. The van der Waals surface area contributed by atoms with E-state index in [0.717, 1.165) is 5.56 Å². The molecular formula is C13H15NO3. The number of rotatable bonds is 3. The van der Waals surface area contributed by atoms with Crippen molar-refractivity contribution in [1.29, 1.82) is 0 Å². The SMILES string of the molecule is CN1CC(Cc2ccccc2)(C(=O)O)CC1=O. The molecule has 4 nitrogen and oxygen atoms in total. The summed E-state index contributed by atoms with van der Waals surface area (Å²) < 4.78 is 0. The molecule has 0 bridgehead atoms. The summed E-state index contributed by atoms with van der Waals surface area (Å²) in [5, 5.41) is 9.38. The number of amides is 1. The van der Waals surface area contributed by atoms with Crippen molar-refractivity contribution in [2.45, 2.75) is 12.8 Å². The van der Waals surface area contributed by atoms with Crippen molar-refractivity contribution >= 4 is 11.9 Å². The lowest BCUT2D eigenvalue weighted by Gasteiger charge is -2.23. The smallest absolute Gasteiger partial charge is 0.312 e. The Morgan fingerprint density at radius 1 is 1.41 bits per heavy atom. The summed E-state index contributed by atoms with van der Waals surface area (Å²) in [6.07, 6.45) is 0.493. The van der Waals surface area contributed by atoms with E-state index in [1.54, 1.807) is 7.05 Å². The number of carbonyl (C=O) groups is 2. The molecule has 1 N–H and O–H groups in total. The molecule has 1 aliphatic rings. The zero-order chi connectivity index (χ0) is 12.5. The zero-order valence-corrected chi connectivity index (χ0v) is 9.72. The van der Waals surface area contributed by atoms with Crippen LogP contribution in [0.15, 0.2) is 30.3 Å². The van der Waals surface area contributed by atoms with Gasteiger partial charge in [-0.2, -0.15) is 0 Å². The Bertz CT molecular complexity index is 443. The lowest BCUT2D eigenvalue weighted by atomic mass is 9.81. The quantitative estimate of drug-likeness (QED) is 0.852. The standard InChI is InChI=1S/C13H15NO3/c1-14-9-13(12(16)17,8-11(14)15)7-10-5-3-2-4-6-10/h2-6H,7-9H2,1H3,(H,16,17). The Kier molecular flexibility index (Phi) is 2.88. The molecule has 1 saturated heterocycles. The Morgan fingerprint density at radius 2 is 2.06 bits per heavy atom. The van der Waals surface area contributed by atoms with Crippen molar-refractivity contribution in [3.8, 4) is 0 Å². The third kappa shape index (κ3) is 2.16. The summed E-state index contributed by atoms with van der Waals surface area (Å²) in [4.78, 5) is 24.5. The number of nitrogens with zero attached hydrogens (tertiary/aromatic N) is 1. The molecule has 17 heavy (non-hydrogen) atoms. The van der Waals surface area contributed by atoms with E-state index in [1.807, 2.05) is 30.3 Å². The predicted octanol–water partition coefficient (Wildman–Crippen LogP) is 1.16. The molecule has 0 aromatic heterocycles. The summed E-state index contributed by atoms with van der Waals surface area (Å²) in [6.45, 7) is 0.288. The van der Waals surface area contributed by atoms with Crippen molar-refractivity contribution in [2.24, 2.45) is 5.41 Å². The van der Waals surface area contributed by atoms with Crippen molar-refractivity contribution in [3.05, 3.63) is 35.9 Å². The first-order valence-electron chi connectivity index (χ1n) is 5.55. The number of carboxylic acids is 1. The molecule has 0 radical (unpaired) electrons. The number of carbonyl (C=O) groups excluding carboxylic acids is 1. The van der Waals surface area contributed by atoms with E-state index in [9.17, 15) is 14.7 Å². The third-order valence-electron chi connectivity index (χ3n) is 3.29. The first-order valence-corrected chi connectivity index (χ1v) is 5.55. The summed E-state index contributed by atoms with van der Waals surface area (Å²) in [5.41, 5.74) is -0.00861. The van der Waals surface area contributed by atoms with Gasteiger partial charge in [-0.1, -0.05) is 30.3 Å². The molecule has 4 heteroatoms. The molecule has 90 valence electrons. The van der Waals surface area contributed by atoms with Gasteiger partial charge in [0.1, 0.15) is 0 Å². The van der Waals surface area contributed by atoms with Gasteiger partial charge in [0.05, 0.1) is 5.41 Å². The number of hydrogen-bond acceptors (Lipinski definition) is 2. The highest BCUT2D eigenvalue weighted by Gasteiger charge is 2.47. The first kappa shape index (κ1) is 11.6. The molecular weight excluding hydrogens is 218 g/mol. The average molecular weight is 233 g/mol. The topological polar surface area (TPSA) is 57.6 Å². The summed E-state index contributed by atoms with van der Waals surface area (Å²) in [7, 11) is 1.65. The molecule has 0 saturated carbocycles. The molecule has 1 amide bonds.